The van der Waals surface area contributed by atoms with Crippen LogP contribution in [0.5, 0.6) is 0 Å². The van der Waals surface area contributed by atoms with Crippen molar-refractivity contribution in [2.75, 3.05) is 7.11 Å². The Morgan fingerprint density at radius 3 is 2.37 bits per heavy atom. The van der Waals surface area contributed by atoms with Crippen LogP contribution in [-0.2, 0) is 14.3 Å². The second kappa shape index (κ2) is 8.85. The fourth-order valence-electron chi connectivity index (χ4n) is 9.20. The molecule has 0 spiro atoms. The van der Waals surface area contributed by atoms with Gasteiger partial charge in [-0.3, -0.25) is 9.59 Å². The third kappa shape index (κ3) is 3.88. The van der Waals surface area contributed by atoms with E-state index in [1.165, 1.54) is 25.5 Å². The number of ketones is 1. The Hall–Kier alpha value is -1.42. The van der Waals surface area contributed by atoms with Crippen LogP contribution in [0.15, 0.2) is 23.3 Å². The Labute approximate surface area is 213 Å². The Balaban J connectivity index is 1.56. The number of aliphatic hydroxyl groups is 1. The summed E-state index contributed by atoms with van der Waals surface area (Å²) in [5, 5.41) is 10.8. The van der Waals surface area contributed by atoms with Crippen LogP contribution >= 0.6 is 0 Å². The molecule has 4 nitrogen and oxygen atoms in total. The van der Waals surface area contributed by atoms with Gasteiger partial charge in [0.05, 0.1) is 19.1 Å². The molecule has 1 N–H and O–H groups in total. The van der Waals surface area contributed by atoms with Crippen LogP contribution in [0.4, 0.5) is 0 Å². The van der Waals surface area contributed by atoms with E-state index >= 15 is 0 Å². The molecule has 0 bridgehead atoms. The van der Waals surface area contributed by atoms with Crippen molar-refractivity contribution < 1.29 is 19.4 Å². The molecular formula is C31H48O4. The highest BCUT2D eigenvalue weighted by molar-refractivity contribution is 5.84. The molecule has 196 valence electrons. The summed E-state index contributed by atoms with van der Waals surface area (Å²) in [6.45, 7) is 16.0. The highest BCUT2D eigenvalue weighted by Gasteiger charge is 2.63. The predicted octanol–water partition coefficient (Wildman–Crippen LogP) is 6.67. The van der Waals surface area contributed by atoms with Gasteiger partial charge in [-0.25, -0.2) is 0 Å². The number of ether oxygens (including phenoxy) is 1. The average molecular weight is 485 g/mol. The lowest BCUT2D eigenvalue weighted by molar-refractivity contribution is -0.146. The summed E-state index contributed by atoms with van der Waals surface area (Å²) in [6, 6.07) is 0. The molecule has 4 rings (SSSR count). The molecule has 2 fully saturated rings. The van der Waals surface area contributed by atoms with Crippen molar-refractivity contribution >= 4 is 11.8 Å². The predicted molar refractivity (Wildman–Crippen MR) is 140 cm³/mol. The Morgan fingerprint density at radius 1 is 1.03 bits per heavy atom. The number of aliphatic hydroxyl groups excluding tert-OH is 1. The van der Waals surface area contributed by atoms with Crippen LogP contribution in [0, 0.1) is 45.3 Å². The highest BCUT2D eigenvalue weighted by atomic mass is 16.5. The van der Waals surface area contributed by atoms with Gasteiger partial charge in [-0.15, -0.1) is 0 Å². The van der Waals surface area contributed by atoms with Gasteiger partial charge in [-0.2, -0.15) is 0 Å². The third-order valence-electron chi connectivity index (χ3n) is 11.6. The Bertz CT molecular complexity index is 944. The molecule has 8 atom stereocenters. The van der Waals surface area contributed by atoms with E-state index in [0.29, 0.717) is 18.3 Å². The van der Waals surface area contributed by atoms with Crippen LogP contribution in [0.2, 0.25) is 0 Å². The number of carbonyl (C=O) groups is 2. The van der Waals surface area contributed by atoms with Crippen molar-refractivity contribution in [1.82, 2.24) is 0 Å². The van der Waals surface area contributed by atoms with Gasteiger partial charge in [-0.1, -0.05) is 71.8 Å². The molecule has 0 saturated heterocycles. The normalized spacial score (nSPS) is 41.5. The summed E-state index contributed by atoms with van der Waals surface area (Å²) < 4.78 is 4.81. The molecule has 4 aliphatic carbocycles. The summed E-state index contributed by atoms with van der Waals surface area (Å²) in [6.07, 6.45) is 12.0. The molecule has 0 aromatic rings. The minimum Gasteiger partial charge on any atom is -0.469 e. The lowest BCUT2D eigenvalue weighted by Gasteiger charge is -2.64. The Morgan fingerprint density at radius 2 is 1.71 bits per heavy atom. The highest BCUT2D eigenvalue weighted by Crippen LogP contribution is 2.71. The van der Waals surface area contributed by atoms with Gasteiger partial charge in [0.25, 0.3) is 0 Å². The van der Waals surface area contributed by atoms with E-state index in [-0.39, 0.29) is 57.8 Å². The molecule has 0 aromatic carbocycles. The van der Waals surface area contributed by atoms with Crippen molar-refractivity contribution in [3.63, 3.8) is 0 Å². The molecule has 4 aliphatic rings. The molecule has 2 saturated carbocycles. The van der Waals surface area contributed by atoms with Crippen LogP contribution in [0.25, 0.3) is 0 Å². The quantitative estimate of drug-likeness (QED) is 0.338. The maximum Gasteiger partial charge on any atom is 0.308 e. The number of esters is 1. The van der Waals surface area contributed by atoms with Crippen LogP contribution < -0.4 is 0 Å². The summed E-state index contributed by atoms with van der Waals surface area (Å²) in [4.78, 5) is 24.6. The summed E-state index contributed by atoms with van der Waals surface area (Å²) in [5.74, 6) is 0.729. The van der Waals surface area contributed by atoms with E-state index < -0.39 is 0 Å². The van der Waals surface area contributed by atoms with Crippen molar-refractivity contribution in [3.05, 3.63) is 23.3 Å². The molecule has 0 heterocycles. The van der Waals surface area contributed by atoms with Gasteiger partial charge in [0, 0.05) is 12.8 Å². The molecule has 4 heteroatoms. The first-order valence-electron chi connectivity index (χ1n) is 13.9. The number of methoxy groups -OCH3 is 1. The lowest BCUT2D eigenvalue weighted by atomic mass is 9.41. The summed E-state index contributed by atoms with van der Waals surface area (Å²) >= 11 is 0. The standard InChI is InChI=1S/C31H48O4/c1-19(17-21(32)18-20(2)27(34)35-8)22-11-15-31(7)24-9-10-25-28(3,4)26(33)13-14-29(25,5)23(24)12-16-30(22,31)6/h11-12,19-20,24-26,33H,9-10,13-18H2,1-8H3/t19-,20+,24-,25-,26+,29-,30-,31+/m1/s1. The summed E-state index contributed by atoms with van der Waals surface area (Å²) in [5.41, 5.74) is 3.46. The zero-order valence-corrected chi connectivity index (χ0v) is 23.4. The number of hydrogen-bond acceptors (Lipinski definition) is 4. The van der Waals surface area contributed by atoms with Gasteiger partial charge in [-0.05, 0) is 77.9 Å². The monoisotopic (exact) mass is 484 g/mol. The molecule has 0 unspecified atom stereocenters. The van der Waals surface area contributed by atoms with Gasteiger partial charge in [0.1, 0.15) is 5.78 Å². The first-order chi connectivity index (χ1) is 16.2. The van der Waals surface area contributed by atoms with Crippen molar-refractivity contribution in [1.29, 1.82) is 0 Å². The fourth-order valence-corrected chi connectivity index (χ4v) is 9.20. The van der Waals surface area contributed by atoms with E-state index in [1.54, 1.807) is 12.5 Å². The van der Waals surface area contributed by atoms with E-state index in [1.807, 2.05) is 0 Å². The SMILES string of the molecule is COC(=O)[C@@H](C)CC(=O)C[C@@H](C)C1=CC[C@@]2(C)[C@@H]3CC[C@@H]4C(C)(C)[C@@H](O)CC[C@]4(C)C3=CC[C@]12C. The average Bonchev–Trinajstić information content (AvgIpc) is 3.07. The summed E-state index contributed by atoms with van der Waals surface area (Å²) in [7, 11) is 1.38. The largest absolute Gasteiger partial charge is 0.469 e. The zero-order chi connectivity index (χ0) is 26.0. The van der Waals surface area contributed by atoms with E-state index in [0.717, 1.165) is 25.7 Å². The van der Waals surface area contributed by atoms with Crippen molar-refractivity contribution in [3.8, 4) is 0 Å². The number of Topliss-reactive ketones (excluding diaryl/α,β-unsaturated/α-hetero) is 1. The van der Waals surface area contributed by atoms with Crippen LogP contribution in [0.1, 0.15) is 99.8 Å². The van der Waals surface area contributed by atoms with E-state index in [9.17, 15) is 14.7 Å². The van der Waals surface area contributed by atoms with Crippen molar-refractivity contribution in [2.24, 2.45) is 45.3 Å². The minimum absolute atomic E-state index is 0.0459. The van der Waals surface area contributed by atoms with Gasteiger partial charge >= 0.3 is 5.97 Å². The van der Waals surface area contributed by atoms with E-state index in [4.69, 9.17) is 4.74 Å². The smallest absolute Gasteiger partial charge is 0.308 e. The van der Waals surface area contributed by atoms with Gasteiger partial charge in [0.15, 0.2) is 0 Å². The molecule has 0 amide bonds. The fraction of sp³-hybridized carbons (Fsp3) is 0.806. The second-order valence-electron chi connectivity index (χ2n) is 13.7. The molecule has 0 aromatic heterocycles. The van der Waals surface area contributed by atoms with Crippen LogP contribution in [-0.4, -0.2) is 30.1 Å². The first-order valence-corrected chi connectivity index (χ1v) is 13.9. The Kier molecular flexibility index (Phi) is 6.74. The molecule has 0 radical (unpaired) electrons. The van der Waals surface area contributed by atoms with Gasteiger partial charge < -0.3 is 9.84 Å². The maximum atomic E-state index is 12.8. The van der Waals surface area contributed by atoms with Crippen LogP contribution in [0.3, 0.4) is 0 Å². The molecule has 35 heavy (non-hydrogen) atoms. The zero-order valence-electron chi connectivity index (χ0n) is 23.4. The first kappa shape index (κ1) is 26.6. The second-order valence-corrected chi connectivity index (χ2v) is 13.7. The van der Waals surface area contributed by atoms with Crippen molar-refractivity contribution in [2.45, 2.75) is 106 Å². The molecular weight excluding hydrogens is 436 g/mol. The number of allylic oxidation sites excluding steroid dienone is 4. The maximum absolute atomic E-state index is 12.8. The minimum atomic E-state index is -0.382. The third-order valence-corrected chi connectivity index (χ3v) is 11.6. The number of fused-ring (bicyclic) bond motifs is 5. The number of carbonyl (C=O) groups excluding carboxylic acids is 2. The molecule has 0 aliphatic heterocycles. The van der Waals surface area contributed by atoms with E-state index in [2.05, 4.69) is 53.7 Å². The lowest BCUT2D eigenvalue weighted by Crippen LogP contribution is -2.57. The topological polar surface area (TPSA) is 63.6 Å². The number of hydrogen-bond donors (Lipinski definition) is 1. The number of rotatable bonds is 6. The van der Waals surface area contributed by atoms with Gasteiger partial charge in [0.2, 0.25) is 0 Å².